The summed E-state index contributed by atoms with van der Waals surface area (Å²) in [5.74, 6) is 0.406. The van der Waals surface area contributed by atoms with Crippen LogP contribution in [0.3, 0.4) is 0 Å². The van der Waals surface area contributed by atoms with E-state index in [-0.39, 0.29) is 0 Å². The van der Waals surface area contributed by atoms with Crippen molar-refractivity contribution in [1.29, 1.82) is 0 Å². The van der Waals surface area contributed by atoms with Gasteiger partial charge in [-0.2, -0.15) is 0 Å². The van der Waals surface area contributed by atoms with Gasteiger partial charge >= 0.3 is 12.2 Å². The second kappa shape index (κ2) is 6.35. The number of ether oxygens (including phenoxy) is 1. The Balaban J connectivity index is 1.83. The number of fused-ring (bicyclic) bond motifs is 1. The Hall–Kier alpha value is -3.09. The summed E-state index contributed by atoms with van der Waals surface area (Å²) in [7, 11) is 0. The van der Waals surface area contributed by atoms with Crippen LogP contribution < -0.4 is 15.0 Å². The Morgan fingerprint density at radius 1 is 1.22 bits per heavy atom. The minimum Gasteiger partial charge on any atom is -0.465 e. The number of carbonyl (C=O) groups is 2. The molecule has 0 atom stereocenters. The molecule has 0 radical (unpaired) electrons. The number of hydrogen-bond donors (Lipinski definition) is 2. The fourth-order valence-electron chi connectivity index (χ4n) is 2.52. The van der Waals surface area contributed by atoms with Crippen molar-refractivity contribution in [3.63, 3.8) is 0 Å². The van der Waals surface area contributed by atoms with Crippen LogP contribution in [0.2, 0.25) is 0 Å². The maximum atomic E-state index is 12.0. The van der Waals surface area contributed by atoms with E-state index < -0.39 is 12.2 Å². The maximum absolute atomic E-state index is 12.0. The number of para-hydroxylation sites is 1. The van der Waals surface area contributed by atoms with Gasteiger partial charge < -0.3 is 9.84 Å². The van der Waals surface area contributed by atoms with Gasteiger partial charge in [-0.3, -0.25) is 15.2 Å². The van der Waals surface area contributed by atoms with Crippen LogP contribution in [0.25, 0.3) is 0 Å². The van der Waals surface area contributed by atoms with E-state index in [0.29, 0.717) is 42.2 Å². The molecule has 0 aliphatic carbocycles. The van der Waals surface area contributed by atoms with Gasteiger partial charge in [0, 0.05) is 12.7 Å². The zero-order chi connectivity index (χ0) is 16.2. The highest BCUT2D eigenvalue weighted by atomic mass is 16.6. The van der Waals surface area contributed by atoms with Crippen LogP contribution in [-0.2, 0) is 6.42 Å². The normalized spacial score (nSPS) is 13.1. The molecule has 0 fully saturated rings. The van der Waals surface area contributed by atoms with Crippen LogP contribution in [-0.4, -0.2) is 28.8 Å². The van der Waals surface area contributed by atoms with Crippen LogP contribution in [0.15, 0.2) is 42.6 Å². The number of nitrogens with zero attached hydrogens (tertiary/aromatic N) is 2. The molecule has 118 valence electrons. The lowest BCUT2D eigenvalue weighted by atomic mass is 10.1. The molecule has 2 amide bonds. The first-order valence-corrected chi connectivity index (χ1v) is 7.17. The van der Waals surface area contributed by atoms with Crippen molar-refractivity contribution in [1.82, 2.24) is 4.98 Å². The molecule has 2 heterocycles. The van der Waals surface area contributed by atoms with Crippen molar-refractivity contribution < 1.29 is 19.4 Å². The topological polar surface area (TPSA) is 91.8 Å². The maximum Gasteiger partial charge on any atom is 0.417 e. The highest BCUT2D eigenvalue weighted by Gasteiger charge is 2.26. The first-order valence-electron chi connectivity index (χ1n) is 7.17. The van der Waals surface area contributed by atoms with Gasteiger partial charge in [0.2, 0.25) is 0 Å². The van der Waals surface area contributed by atoms with E-state index in [1.807, 2.05) is 6.07 Å². The molecule has 0 unspecified atom stereocenters. The van der Waals surface area contributed by atoms with Crippen LogP contribution in [0.4, 0.5) is 21.0 Å². The number of benzene rings is 1. The first-order chi connectivity index (χ1) is 11.1. The smallest absolute Gasteiger partial charge is 0.417 e. The number of pyridine rings is 1. The number of carboxylic acid groups (broad SMARTS) is 1. The monoisotopic (exact) mass is 313 g/mol. The first kappa shape index (κ1) is 14.8. The molecule has 2 aromatic rings. The number of hydrogen-bond acceptors (Lipinski definition) is 4. The molecule has 0 saturated carbocycles. The van der Waals surface area contributed by atoms with Crippen molar-refractivity contribution in [2.45, 2.75) is 12.8 Å². The molecule has 1 aromatic heterocycles. The third-order valence-electron chi connectivity index (χ3n) is 3.49. The molecule has 23 heavy (non-hydrogen) atoms. The van der Waals surface area contributed by atoms with Crippen LogP contribution in [0, 0.1) is 0 Å². The average Bonchev–Trinajstić information content (AvgIpc) is 2.55. The lowest BCUT2D eigenvalue weighted by molar-refractivity contribution is 0.201. The number of anilines is 2. The number of rotatable bonds is 2. The number of carbonyl (C=O) groups excluding carboxylic acids is 1. The molecule has 7 nitrogen and oxygen atoms in total. The van der Waals surface area contributed by atoms with E-state index in [4.69, 9.17) is 4.74 Å². The van der Waals surface area contributed by atoms with Crippen molar-refractivity contribution >= 4 is 23.6 Å². The van der Waals surface area contributed by atoms with Gasteiger partial charge in [-0.1, -0.05) is 18.2 Å². The molecule has 0 spiro atoms. The summed E-state index contributed by atoms with van der Waals surface area (Å²) in [6, 6.07) is 10.2. The van der Waals surface area contributed by atoms with Crippen LogP contribution in [0.5, 0.6) is 5.75 Å². The van der Waals surface area contributed by atoms with Crippen LogP contribution in [0.1, 0.15) is 12.1 Å². The van der Waals surface area contributed by atoms with Gasteiger partial charge in [0.15, 0.2) is 0 Å². The van der Waals surface area contributed by atoms with E-state index in [2.05, 4.69) is 10.3 Å². The zero-order valence-electron chi connectivity index (χ0n) is 12.2. The minimum absolute atomic E-state index is 0.371. The van der Waals surface area contributed by atoms with Gasteiger partial charge in [-0.05, 0) is 31.0 Å². The van der Waals surface area contributed by atoms with Crippen molar-refractivity contribution in [3.8, 4) is 5.75 Å². The predicted molar refractivity (Wildman–Crippen MR) is 84.0 cm³/mol. The molecule has 1 aliphatic rings. The second-order valence-electron chi connectivity index (χ2n) is 5.02. The molecular weight excluding hydrogens is 298 g/mol. The Morgan fingerprint density at radius 2 is 2.00 bits per heavy atom. The van der Waals surface area contributed by atoms with Crippen LogP contribution >= 0.6 is 0 Å². The van der Waals surface area contributed by atoms with Crippen molar-refractivity contribution in [2.24, 2.45) is 0 Å². The van der Waals surface area contributed by atoms with Gasteiger partial charge in [0.25, 0.3) is 0 Å². The summed E-state index contributed by atoms with van der Waals surface area (Å²) in [6.07, 6.45) is 1.16. The Bertz CT molecular complexity index is 733. The predicted octanol–water partition coefficient (Wildman–Crippen LogP) is 3.12. The largest absolute Gasteiger partial charge is 0.465 e. The molecule has 0 bridgehead atoms. The van der Waals surface area contributed by atoms with E-state index in [1.54, 1.807) is 36.5 Å². The summed E-state index contributed by atoms with van der Waals surface area (Å²) in [5, 5.41) is 11.9. The summed E-state index contributed by atoms with van der Waals surface area (Å²) in [4.78, 5) is 28.8. The third kappa shape index (κ3) is 3.23. The van der Waals surface area contributed by atoms with Gasteiger partial charge in [-0.15, -0.1) is 0 Å². The average molecular weight is 313 g/mol. The number of aryl methyl sites for hydroxylation is 1. The van der Waals surface area contributed by atoms with Gasteiger partial charge in [-0.25, -0.2) is 9.59 Å². The number of amides is 2. The summed E-state index contributed by atoms with van der Waals surface area (Å²) >= 11 is 0. The Morgan fingerprint density at radius 3 is 2.74 bits per heavy atom. The number of nitrogens with one attached hydrogen (secondary N) is 1. The molecule has 2 N–H and O–H groups in total. The number of aromatic nitrogens is 1. The van der Waals surface area contributed by atoms with E-state index in [1.165, 1.54) is 4.90 Å². The zero-order valence-corrected chi connectivity index (χ0v) is 12.2. The Labute approximate surface area is 132 Å². The SMILES string of the molecule is O=C(Nc1ccnc2c1N(C(=O)O)CCC2)Oc1ccccc1. The Kier molecular flexibility index (Phi) is 4.09. The molecule has 1 aliphatic heterocycles. The molecular formula is C16H15N3O4. The summed E-state index contributed by atoms with van der Waals surface area (Å²) in [5.41, 5.74) is 1.44. The molecule has 3 rings (SSSR count). The lowest BCUT2D eigenvalue weighted by Crippen LogP contribution is -2.35. The third-order valence-corrected chi connectivity index (χ3v) is 3.49. The highest BCUT2D eigenvalue weighted by Crippen LogP contribution is 2.33. The van der Waals surface area contributed by atoms with Gasteiger partial charge in [0.1, 0.15) is 5.75 Å². The molecule has 1 aromatic carbocycles. The fourth-order valence-corrected chi connectivity index (χ4v) is 2.52. The van der Waals surface area contributed by atoms with E-state index in [0.717, 1.165) is 0 Å². The summed E-state index contributed by atoms with van der Waals surface area (Å²) in [6.45, 7) is 0.371. The van der Waals surface area contributed by atoms with E-state index in [9.17, 15) is 14.7 Å². The second-order valence-corrected chi connectivity index (χ2v) is 5.02. The fraction of sp³-hybridized carbons (Fsp3) is 0.188. The lowest BCUT2D eigenvalue weighted by Gasteiger charge is -2.28. The minimum atomic E-state index is -1.07. The van der Waals surface area contributed by atoms with Crippen molar-refractivity contribution in [3.05, 3.63) is 48.3 Å². The van der Waals surface area contributed by atoms with Crippen molar-refractivity contribution in [2.75, 3.05) is 16.8 Å². The van der Waals surface area contributed by atoms with E-state index >= 15 is 0 Å². The summed E-state index contributed by atoms with van der Waals surface area (Å²) < 4.78 is 5.17. The quantitative estimate of drug-likeness (QED) is 0.888. The molecule has 0 saturated heterocycles. The highest BCUT2D eigenvalue weighted by molar-refractivity contribution is 5.97. The van der Waals surface area contributed by atoms with Gasteiger partial charge in [0.05, 0.1) is 17.1 Å². The standard InChI is InChI=1S/C16H15N3O4/c20-15(23-11-5-2-1-3-6-11)18-13-8-9-17-12-7-4-10-19(14(12)13)16(21)22/h1-3,5-6,8-9H,4,7,10H2,(H,21,22)(H,17,18,20). The molecule has 7 heteroatoms.